The number of carbonyl (C=O) groups excluding carboxylic acids is 2. The summed E-state index contributed by atoms with van der Waals surface area (Å²) in [6.45, 7) is 0.379. The molecule has 0 bridgehead atoms. The summed E-state index contributed by atoms with van der Waals surface area (Å²) in [4.78, 5) is 25.4. The Bertz CT molecular complexity index is 908. The van der Waals surface area contributed by atoms with Gasteiger partial charge in [-0.15, -0.1) is 0 Å². The van der Waals surface area contributed by atoms with Gasteiger partial charge in [-0.2, -0.15) is 0 Å². The van der Waals surface area contributed by atoms with Gasteiger partial charge in [0.15, 0.2) is 16.1 Å². The molecule has 25 heavy (non-hydrogen) atoms. The Labute approximate surface area is 145 Å². The fourth-order valence-corrected chi connectivity index (χ4v) is 4.69. The highest BCUT2D eigenvalue weighted by molar-refractivity contribution is 7.92. The predicted molar refractivity (Wildman–Crippen MR) is 91.4 cm³/mol. The van der Waals surface area contributed by atoms with Crippen LogP contribution in [0, 0.1) is 0 Å². The van der Waals surface area contributed by atoms with Crippen molar-refractivity contribution >= 4 is 22.0 Å². The molecule has 0 spiro atoms. The first-order valence-electron chi connectivity index (χ1n) is 7.80. The second-order valence-corrected chi connectivity index (χ2v) is 8.14. The molecule has 0 aliphatic carbocycles. The number of carbonyl (C=O) groups is 2. The average molecular weight is 359 g/mol. The van der Waals surface area contributed by atoms with Crippen LogP contribution < -0.4 is 0 Å². The lowest BCUT2D eigenvalue weighted by Gasteiger charge is -2.18. The Balaban J connectivity index is 1.81. The Hall–Kier alpha value is -2.67. The molecule has 1 unspecified atom stereocenters. The topological polar surface area (TPSA) is 91.8 Å². The summed E-state index contributed by atoms with van der Waals surface area (Å²) in [5.41, 5.74) is 0.241. The number of phenols is 1. The zero-order valence-electron chi connectivity index (χ0n) is 13.3. The van der Waals surface area contributed by atoms with Crippen LogP contribution in [0.2, 0.25) is 0 Å². The van der Waals surface area contributed by atoms with Crippen molar-refractivity contribution in [2.75, 3.05) is 13.1 Å². The fraction of sp³-hybridized carbons (Fsp3) is 0.222. The van der Waals surface area contributed by atoms with Gasteiger partial charge in [0.05, 0.1) is 15.7 Å². The molecule has 1 aliphatic rings. The van der Waals surface area contributed by atoms with Crippen LogP contribution in [0.25, 0.3) is 0 Å². The van der Waals surface area contributed by atoms with Gasteiger partial charge >= 0.3 is 0 Å². The second-order valence-electron chi connectivity index (χ2n) is 5.91. The van der Waals surface area contributed by atoms with Gasteiger partial charge in [0.1, 0.15) is 5.75 Å². The van der Waals surface area contributed by atoms with Crippen LogP contribution in [-0.4, -0.2) is 49.0 Å². The summed E-state index contributed by atoms with van der Waals surface area (Å²) in [6, 6.07) is 12.1. The number of phenolic OH excluding ortho intramolecular Hbond substituents is 1. The number of sulfone groups is 1. The zero-order valence-corrected chi connectivity index (χ0v) is 14.1. The first kappa shape index (κ1) is 17.2. The third-order valence-corrected chi connectivity index (χ3v) is 6.53. The maximum Gasteiger partial charge on any atom is 0.254 e. The first-order valence-corrected chi connectivity index (χ1v) is 9.34. The molecular weight excluding hydrogens is 342 g/mol. The maximum absolute atomic E-state index is 12.7. The molecule has 0 radical (unpaired) electrons. The van der Waals surface area contributed by atoms with Crippen molar-refractivity contribution in [1.29, 1.82) is 0 Å². The van der Waals surface area contributed by atoms with Gasteiger partial charge in [-0.05, 0) is 36.8 Å². The van der Waals surface area contributed by atoms with E-state index in [2.05, 4.69) is 0 Å². The monoisotopic (exact) mass is 359 g/mol. The van der Waals surface area contributed by atoms with E-state index in [1.54, 1.807) is 30.3 Å². The molecule has 1 N–H and O–H groups in total. The van der Waals surface area contributed by atoms with Crippen LogP contribution >= 0.6 is 0 Å². The fourth-order valence-electron chi connectivity index (χ4n) is 2.98. The van der Waals surface area contributed by atoms with Gasteiger partial charge in [0.2, 0.25) is 0 Å². The molecule has 2 aromatic rings. The Morgan fingerprint density at radius 1 is 1.16 bits per heavy atom. The number of hydrogen-bond donors (Lipinski definition) is 1. The lowest BCUT2D eigenvalue weighted by atomic mass is 10.1. The van der Waals surface area contributed by atoms with Gasteiger partial charge < -0.3 is 10.0 Å². The third kappa shape index (κ3) is 3.28. The van der Waals surface area contributed by atoms with Crippen LogP contribution in [0.5, 0.6) is 5.75 Å². The number of nitrogens with zero attached hydrogens (tertiary/aromatic N) is 1. The number of benzene rings is 2. The molecule has 130 valence electrons. The molecule has 1 saturated heterocycles. The van der Waals surface area contributed by atoms with Crippen molar-refractivity contribution in [1.82, 2.24) is 4.90 Å². The SMILES string of the molecule is O=Cc1cc(O)ccc1C(=O)N1CCC(S(=O)(=O)c2ccccc2)C1. The summed E-state index contributed by atoms with van der Waals surface area (Å²) >= 11 is 0. The molecule has 6 nitrogen and oxygen atoms in total. The molecule has 0 saturated carbocycles. The van der Waals surface area contributed by atoms with Gasteiger partial charge in [-0.1, -0.05) is 18.2 Å². The van der Waals surface area contributed by atoms with E-state index in [0.717, 1.165) is 0 Å². The van der Waals surface area contributed by atoms with Crippen molar-refractivity contribution < 1.29 is 23.1 Å². The number of aldehydes is 1. The van der Waals surface area contributed by atoms with Gasteiger partial charge in [-0.3, -0.25) is 9.59 Å². The van der Waals surface area contributed by atoms with Gasteiger partial charge in [0, 0.05) is 18.7 Å². The van der Waals surface area contributed by atoms with E-state index in [9.17, 15) is 23.1 Å². The summed E-state index contributed by atoms with van der Waals surface area (Å²) in [5, 5.41) is 8.76. The third-order valence-electron chi connectivity index (χ3n) is 4.34. The Morgan fingerprint density at radius 2 is 1.88 bits per heavy atom. The quantitative estimate of drug-likeness (QED) is 0.842. The number of likely N-dealkylation sites (tertiary alicyclic amines) is 1. The van der Waals surface area contributed by atoms with Gasteiger partial charge in [0.25, 0.3) is 5.91 Å². The molecule has 1 amide bonds. The molecule has 1 aliphatic heterocycles. The standard InChI is InChI=1S/C18H17NO5S/c20-12-13-10-14(21)6-7-17(13)18(22)19-9-8-16(11-19)25(23,24)15-4-2-1-3-5-15/h1-7,10,12,16,21H,8-9,11H2. The molecule has 2 aromatic carbocycles. The maximum atomic E-state index is 12.7. The smallest absolute Gasteiger partial charge is 0.254 e. The molecule has 0 aromatic heterocycles. The highest BCUT2D eigenvalue weighted by atomic mass is 32.2. The second kappa shape index (κ2) is 6.68. The van der Waals surface area contributed by atoms with Crippen LogP contribution in [0.1, 0.15) is 27.1 Å². The number of rotatable bonds is 4. The Morgan fingerprint density at radius 3 is 2.56 bits per heavy atom. The minimum absolute atomic E-state index is 0.0786. The minimum Gasteiger partial charge on any atom is -0.508 e. The molecule has 1 atom stereocenters. The van der Waals surface area contributed by atoms with E-state index in [-0.39, 0.29) is 28.3 Å². The predicted octanol–water partition coefficient (Wildman–Crippen LogP) is 1.89. The average Bonchev–Trinajstić information content (AvgIpc) is 3.12. The molecule has 1 heterocycles. The summed E-state index contributed by atoms with van der Waals surface area (Å²) in [7, 11) is -3.51. The highest BCUT2D eigenvalue weighted by Gasteiger charge is 2.36. The van der Waals surface area contributed by atoms with E-state index in [0.29, 0.717) is 19.3 Å². The minimum atomic E-state index is -3.51. The van der Waals surface area contributed by atoms with Crippen molar-refractivity contribution in [2.45, 2.75) is 16.6 Å². The van der Waals surface area contributed by atoms with Crippen molar-refractivity contribution in [3.05, 3.63) is 59.7 Å². The molecule has 7 heteroatoms. The summed E-state index contributed by atoms with van der Waals surface area (Å²) < 4.78 is 25.4. The van der Waals surface area contributed by atoms with E-state index < -0.39 is 21.0 Å². The largest absolute Gasteiger partial charge is 0.508 e. The van der Waals surface area contributed by atoms with Crippen molar-refractivity contribution in [3.63, 3.8) is 0 Å². The van der Waals surface area contributed by atoms with Crippen molar-refractivity contribution in [3.8, 4) is 5.75 Å². The first-order chi connectivity index (χ1) is 11.9. The Kier molecular flexibility index (Phi) is 4.59. The zero-order chi connectivity index (χ0) is 18.0. The van der Waals surface area contributed by atoms with Gasteiger partial charge in [-0.25, -0.2) is 8.42 Å². The lowest BCUT2D eigenvalue weighted by molar-refractivity contribution is 0.0790. The van der Waals surface area contributed by atoms with E-state index in [1.807, 2.05) is 0 Å². The van der Waals surface area contributed by atoms with Crippen LogP contribution in [0.4, 0.5) is 0 Å². The van der Waals surface area contributed by atoms with E-state index in [4.69, 9.17) is 0 Å². The van der Waals surface area contributed by atoms with Crippen LogP contribution in [0.3, 0.4) is 0 Å². The molecule has 3 rings (SSSR count). The van der Waals surface area contributed by atoms with E-state index in [1.165, 1.54) is 23.1 Å². The number of hydrogen-bond acceptors (Lipinski definition) is 5. The summed E-state index contributed by atoms with van der Waals surface area (Å²) in [5.74, 6) is -0.516. The number of aromatic hydroxyl groups is 1. The van der Waals surface area contributed by atoms with E-state index >= 15 is 0 Å². The summed E-state index contributed by atoms with van der Waals surface area (Å²) in [6.07, 6.45) is 0.846. The lowest BCUT2D eigenvalue weighted by Crippen LogP contribution is -2.32. The molecule has 1 fully saturated rings. The number of amides is 1. The van der Waals surface area contributed by atoms with Crippen molar-refractivity contribution in [2.24, 2.45) is 0 Å². The van der Waals surface area contributed by atoms with Crippen LogP contribution in [-0.2, 0) is 9.84 Å². The van der Waals surface area contributed by atoms with Crippen LogP contribution in [0.15, 0.2) is 53.4 Å². The molecular formula is C18H17NO5S. The highest BCUT2D eigenvalue weighted by Crippen LogP contribution is 2.26. The normalized spacial score (nSPS) is 17.4.